The summed E-state index contributed by atoms with van der Waals surface area (Å²) in [6.07, 6.45) is 1.49. The number of piperidine rings is 1. The van der Waals surface area contributed by atoms with Gasteiger partial charge < -0.3 is 14.6 Å². The van der Waals surface area contributed by atoms with Crippen molar-refractivity contribution in [3.8, 4) is 0 Å². The molecule has 0 bridgehead atoms. The topological polar surface area (TPSA) is 79.5 Å². The molecule has 1 fully saturated rings. The molecule has 1 amide bonds. The number of hydrogen-bond donors (Lipinski definition) is 1. The Balaban J connectivity index is 1.90. The van der Waals surface area contributed by atoms with Crippen molar-refractivity contribution >= 4 is 11.9 Å². The van der Waals surface area contributed by atoms with E-state index < -0.39 is 16.9 Å². The molecule has 0 aliphatic carbocycles. The molecule has 3 rings (SSSR count). The zero-order chi connectivity index (χ0) is 21.0. The zero-order valence-electron chi connectivity index (χ0n) is 16.7. The molecule has 154 valence electrons. The summed E-state index contributed by atoms with van der Waals surface area (Å²) < 4.78 is 18.6. The molecule has 1 aliphatic heterocycles. The van der Waals surface area contributed by atoms with Crippen LogP contribution in [0.2, 0.25) is 0 Å². The van der Waals surface area contributed by atoms with Gasteiger partial charge in [-0.15, -0.1) is 0 Å². The van der Waals surface area contributed by atoms with Crippen molar-refractivity contribution in [2.75, 3.05) is 19.7 Å². The van der Waals surface area contributed by atoms with Crippen molar-refractivity contribution in [3.05, 3.63) is 69.4 Å². The van der Waals surface area contributed by atoms with Crippen LogP contribution < -0.4 is 5.56 Å². The van der Waals surface area contributed by atoms with Gasteiger partial charge in [-0.05, 0) is 62.9 Å². The molecule has 1 atom stereocenters. The van der Waals surface area contributed by atoms with Gasteiger partial charge in [-0.1, -0.05) is 12.1 Å². The summed E-state index contributed by atoms with van der Waals surface area (Å²) in [5, 5.41) is 0. The molecule has 1 aliphatic rings. The number of likely N-dealkylation sites (tertiary alicyclic amines) is 1. The lowest BCUT2D eigenvalue weighted by atomic mass is 9.75. The average Bonchev–Trinajstić information content (AvgIpc) is 2.70. The van der Waals surface area contributed by atoms with E-state index in [9.17, 15) is 18.8 Å². The van der Waals surface area contributed by atoms with E-state index in [2.05, 4.69) is 4.98 Å². The van der Waals surface area contributed by atoms with Crippen LogP contribution in [0.4, 0.5) is 4.39 Å². The number of aromatic nitrogens is 1. The first-order valence-electron chi connectivity index (χ1n) is 9.75. The van der Waals surface area contributed by atoms with Crippen LogP contribution in [-0.2, 0) is 16.0 Å². The number of carbonyl (C=O) groups excluding carboxylic acids is 2. The highest BCUT2D eigenvalue weighted by Gasteiger charge is 2.45. The molecule has 6 nitrogen and oxygen atoms in total. The molecular formula is C22H25FN2O4. The van der Waals surface area contributed by atoms with Gasteiger partial charge in [0.05, 0.1) is 12.0 Å². The van der Waals surface area contributed by atoms with Crippen LogP contribution in [0.25, 0.3) is 0 Å². The zero-order valence-corrected chi connectivity index (χ0v) is 16.7. The van der Waals surface area contributed by atoms with Crippen LogP contribution >= 0.6 is 0 Å². The molecule has 2 aromatic rings. The summed E-state index contributed by atoms with van der Waals surface area (Å²) in [6, 6.07) is 9.17. The quantitative estimate of drug-likeness (QED) is 0.783. The van der Waals surface area contributed by atoms with Gasteiger partial charge >= 0.3 is 5.97 Å². The number of amides is 1. The van der Waals surface area contributed by atoms with Crippen LogP contribution in [0.5, 0.6) is 0 Å². The Kier molecular flexibility index (Phi) is 6.15. The molecule has 1 N–H and O–H groups in total. The summed E-state index contributed by atoms with van der Waals surface area (Å²) in [5.41, 5.74) is 0.140. The summed E-state index contributed by atoms with van der Waals surface area (Å²) in [6.45, 7) is 4.31. The fourth-order valence-electron chi connectivity index (χ4n) is 3.88. The SMILES string of the molecule is CCOC(=O)C1(Cc2ccc(F)cc2)CCCN(C(=O)c2ccc(C)[nH]c2=O)C1. The van der Waals surface area contributed by atoms with Crippen LogP contribution in [0.1, 0.15) is 41.4 Å². The van der Waals surface area contributed by atoms with Crippen molar-refractivity contribution < 1.29 is 18.7 Å². The Hall–Kier alpha value is -2.96. The molecule has 0 radical (unpaired) electrons. The number of hydrogen-bond acceptors (Lipinski definition) is 4. The predicted octanol–water partition coefficient (Wildman–Crippen LogP) is 2.85. The van der Waals surface area contributed by atoms with Gasteiger partial charge in [0.1, 0.15) is 11.4 Å². The Morgan fingerprint density at radius 3 is 2.59 bits per heavy atom. The predicted molar refractivity (Wildman–Crippen MR) is 106 cm³/mol. The Morgan fingerprint density at radius 2 is 1.93 bits per heavy atom. The van der Waals surface area contributed by atoms with Crippen molar-refractivity contribution in [1.82, 2.24) is 9.88 Å². The third-order valence-corrected chi connectivity index (χ3v) is 5.31. The molecule has 7 heteroatoms. The molecule has 0 spiro atoms. The third-order valence-electron chi connectivity index (χ3n) is 5.31. The number of nitrogens with zero attached hydrogens (tertiary/aromatic N) is 1. The molecule has 1 unspecified atom stereocenters. The van der Waals surface area contributed by atoms with Crippen molar-refractivity contribution in [2.45, 2.75) is 33.1 Å². The lowest BCUT2D eigenvalue weighted by Gasteiger charge is -2.41. The summed E-state index contributed by atoms with van der Waals surface area (Å²) >= 11 is 0. The molecular weight excluding hydrogens is 375 g/mol. The van der Waals surface area contributed by atoms with Crippen molar-refractivity contribution in [2.24, 2.45) is 5.41 Å². The lowest BCUT2D eigenvalue weighted by Crippen LogP contribution is -2.52. The second kappa shape index (κ2) is 8.59. The minimum absolute atomic E-state index is 0.0528. The van der Waals surface area contributed by atoms with Gasteiger partial charge in [-0.2, -0.15) is 0 Å². The van der Waals surface area contributed by atoms with Gasteiger partial charge in [0.15, 0.2) is 0 Å². The van der Waals surface area contributed by atoms with Crippen LogP contribution in [0.3, 0.4) is 0 Å². The minimum atomic E-state index is -0.931. The van der Waals surface area contributed by atoms with Crippen LogP contribution in [-0.4, -0.2) is 41.5 Å². The number of benzene rings is 1. The number of ether oxygens (including phenoxy) is 1. The fourth-order valence-corrected chi connectivity index (χ4v) is 3.88. The highest BCUT2D eigenvalue weighted by molar-refractivity contribution is 5.94. The van der Waals surface area contributed by atoms with Crippen molar-refractivity contribution in [3.63, 3.8) is 0 Å². The maximum Gasteiger partial charge on any atom is 0.314 e. The molecule has 2 heterocycles. The van der Waals surface area contributed by atoms with E-state index in [1.807, 2.05) is 0 Å². The highest BCUT2D eigenvalue weighted by atomic mass is 19.1. The van der Waals surface area contributed by atoms with Gasteiger partial charge in [-0.25, -0.2) is 4.39 Å². The maximum absolute atomic E-state index is 13.3. The molecule has 0 saturated carbocycles. The maximum atomic E-state index is 13.3. The van der Waals surface area contributed by atoms with Crippen LogP contribution in [0, 0.1) is 18.2 Å². The molecule has 29 heavy (non-hydrogen) atoms. The molecule has 1 aromatic carbocycles. The summed E-state index contributed by atoms with van der Waals surface area (Å²) in [4.78, 5) is 42.3. The van der Waals surface area contributed by atoms with E-state index in [4.69, 9.17) is 4.74 Å². The summed E-state index contributed by atoms with van der Waals surface area (Å²) in [7, 11) is 0. The Morgan fingerprint density at radius 1 is 1.21 bits per heavy atom. The van der Waals surface area contributed by atoms with E-state index in [0.29, 0.717) is 31.5 Å². The fraction of sp³-hybridized carbons (Fsp3) is 0.409. The molecule has 1 aromatic heterocycles. The number of halogens is 1. The van der Waals surface area contributed by atoms with E-state index in [0.717, 1.165) is 5.56 Å². The normalized spacial score (nSPS) is 19.1. The van der Waals surface area contributed by atoms with E-state index in [-0.39, 0.29) is 30.5 Å². The van der Waals surface area contributed by atoms with Gasteiger partial charge in [0.2, 0.25) is 0 Å². The Bertz CT molecular complexity index is 954. The number of rotatable bonds is 5. The summed E-state index contributed by atoms with van der Waals surface area (Å²) in [5.74, 6) is -1.13. The largest absolute Gasteiger partial charge is 0.466 e. The highest BCUT2D eigenvalue weighted by Crippen LogP contribution is 2.36. The van der Waals surface area contributed by atoms with E-state index in [1.54, 1.807) is 36.9 Å². The second-order valence-electron chi connectivity index (χ2n) is 7.52. The number of esters is 1. The second-order valence-corrected chi connectivity index (χ2v) is 7.52. The first kappa shape index (κ1) is 20.8. The number of aromatic amines is 1. The van der Waals surface area contributed by atoms with Gasteiger partial charge in [-0.3, -0.25) is 14.4 Å². The lowest BCUT2D eigenvalue weighted by molar-refractivity contribution is -0.158. The monoisotopic (exact) mass is 400 g/mol. The first-order chi connectivity index (χ1) is 13.8. The standard InChI is InChI=1S/C22H25FN2O4/c1-3-29-21(28)22(13-16-6-8-17(23)9-7-16)11-4-12-25(14-22)20(27)18-10-5-15(2)24-19(18)26/h5-10H,3-4,11-14H2,1-2H3,(H,24,26). The number of nitrogens with one attached hydrogen (secondary N) is 1. The van der Waals surface area contributed by atoms with E-state index in [1.165, 1.54) is 18.2 Å². The van der Waals surface area contributed by atoms with Gasteiger partial charge in [0.25, 0.3) is 11.5 Å². The number of carbonyl (C=O) groups is 2. The minimum Gasteiger partial charge on any atom is -0.466 e. The third kappa shape index (κ3) is 4.55. The number of H-pyrrole nitrogens is 1. The van der Waals surface area contributed by atoms with Crippen LogP contribution in [0.15, 0.2) is 41.2 Å². The first-order valence-corrected chi connectivity index (χ1v) is 9.75. The van der Waals surface area contributed by atoms with E-state index >= 15 is 0 Å². The van der Waals surface area contributed by atoms with Crippen molar-refractivity contribution in [1.29, 1.82) is 0 Å². The average molecular weight is 400 g/mol. The smallest absolute Gasteiger partial charge is 0.314 e. The molecule has 1 saturated heterocycles. The Labute approximate surface area is 168 Å². The number of aryl methyl sites for hydroxylation is 1. The van der Waals surface area contributed by atoms with Gasteiger partial charge in [0, 0.05) is 18.8 Å². The number of pyridine rings is 1.